The zero-order valence-corrected chi connectivity index (χ0v) is 24.4. The SMILES string of the molecule is CC(C)=Cc1c(C(=O)N2CCNCC2)cc(-c2nc(-c3ccc(Cl)cc3)cs2)c(=O)n1-c1cc(Cl)ccc1Cl. The molecule has 0 unspecified atom stereocenters. The van der Waals surface area contributed by atoms with Crippen molar-refractivity contribution in [1.82, 2.24) is 19.8 Å². The topological polar surface area (TPSA) is 67.2 Å². The molecule has 1 aliphatic heterocycles. The number of nitrogens with one attached hydrogen (secondary N) is 1. The molecular weight excluding hydrogens is 575 g/mol. The zero-order chi connectivity index (χ0) is 27.7. The number of pyridine rings is 1. The summed E-state index contributed by atoms with van der Waals surface area (Å²) < 4.78 is 1.48. The molecular formula is C29H25Cl3N4O2S. The number of piperazine rings is 1. The van der Waals surface area contributed by atoms with E-state index in [0.29, 0.717) is 74.5 Å². The number of hydrogen-bond acceptors (Lipinski definition) is 5. The van der Waals surface area contributed by atoms with Crippen LogP contribution >= 0.6 is 46.1 Å². The maximum Gasteiger partial charge on any atom is 0.265 e. The van der Waals surface area contributed by atoms with E-state index >= 15 is 0 Å². The van der Waals surface area contributed by atoms with E-state index in [9.17, 15) is 9.59 Å². The van der Waals surface area contributed by atoms with Crippen LogP contribution < -0.4 is 10.9 Å². The van der Waals surface area contributed by atoms with Gasteiger partial charge in [-0.2, -0.15) is 0 Å². The normalized spacial score (nSPS) is 13.4. The molecule has 2 aromatic carbocycles. The summed E-state index contributed by atoms with van der Waals surface area (Å²) in [6, 6.07) is 14.0. The summed E-state index contributed by atoms with van der Waals surface area (Å²) >= 11 is 20.4. The van der Waals surface area contributed by atoms with E-state index in [1.807, 2.05) is 37.4 Å². The third-order valence-electron chi connectivity index (χ3n) is 6.32. The van der Waals surface area contributed by atoms with E-state index in [-0.39, 0.29) is 11.5 Å². The van der Waals surface area contributed by atoms with Crippen molar-refractivity contribution in [2.45, 2.75) is 13.8 Å². The summed E-state index contributed by atoms with van der Waals surface area (Å²) in [7, 11) is 0. The van der Waals surface area contributed by atoms with Crippen molar-refractivity contribution >= 4 is 58.1 Å². The summed E-state index contributed by atoms with van der Waals surface area (Å²) in [5, 5.41) is 7.04. The van der Waals surface area contributed by atoms with Gasteiger partial charge in [0.25, 0.3) is 11.5 Å². The van der Waals surface area contributed by atoms with Crippen LogP contribution in [0.3, 0.4) is 0 Å². The highest BCUT2D eigenvalue weighted by molar-refractivity contribution is 7.13. The fourth-order valence-electron chi connectivity index (χ4n) is 4.46. The number of thiazole rings is 1. The van der Waals surface area contributed by atoms with E-state index in [2.05, 4.69) is 5.32 Å². The number of allylic oxidation sites excluding steroid dienone is 1. The smallest absolute Gasteiger partial charge is 0.265 e. The van der Waals surface area contributed by atoms with Gasteiger partial charge in [0.15, 0.2) is 0 Å². The predicted molar refractivity (Wildman–Crippen MR) is 162 cm³/mol. The monoisotopic (exact) mass is 598 g/mol. The Labute approximate surface area is 245 Å². The quantitative estimate of drug-likeness (QED) is 0.267. The van der Waals surface area contributed by atoms with Gasteiger partial charge in [-0.25, -0.2) is 4.98 Å². The van der Waals surface area contributed by atoms with Crippen LogP contribution in [0.4, 0.5) is 0 Å². The predicted octanol–water partition coefficient (Wildman–Crippen LogP) is 7.06. The molecule has 1 saturated heterocycles. The molecule has 6 nitrogen and oxygen atoms in total. The Balaban J connectivity index is 1.78. The number of hydrogen-bond donors (Lipinski definition) is 1. The van der Waals surface area contributed by atoms with Gasteiger partial charge in [0.2, 0.25) is 0 Å². The lowest BCUT2D eigenvalue weighted by Crippen LogP contribution is -2.47. The molecule has 200 valence electrons. The van der Waals surface area contributed by atoms with Gasteiger partial charge in [-0.15, -0.1) is 11.3 Å². The zero-order valence-electron chi connectivity index (χ0n) is 21.3. The number of aromatic nitrogens is 2. The molecule has 10 heteroatoms. The van der Waals surface area contributed by atoms with Crippen molar-refractivity contribution in [1.29, 1.82) is 0 Å². The number of carbonyl (C=O) groups is 1. The molecule has 4 aromatic rings. The summed E-state index contributed by atoms with van der Waals surface area (Å²) in [5.74, 6) is -0.161. The van der Waals surface area contributed by atoms with E-state index in [1.165, 1.54) is 15.9 Å². The first-order valence-corrected chi connectivity index (χ1v) is 14.4. The highest BCUT2D eigenvalue weighted by Gasteiger charge is 2.27. The van der Waals surface area contributed by atoms with Crippen LogP contribution in [-0.4, -0.2) is 46.5 Å². The van der Waals surface area contributed by atoms with Crippen molar-refractivity contribution in [2.24, 2.45) is 0 Å². The fourth-order valence-corrected chi connectivity index (χ4v) is 5.79. The Morgan fingerprint density at radius 1 is 1.00 bits per heavy atom. The van der Waals surface area contributed by atoms with E-state index in [1.54, 1.807) is 41.3 Å². The van der Waals surface area contributed by atoms with Crippen molar-refractivity contribution < 1.29 is 4.79 Å². The Kier molecular flexibility index (Phi) is 8.26. The Morgan fingerprint density at radius 2 is 1.69 bits per heavy atom. The van der Waals surface area contributed by atoms with Crippen molar-refractivity contribution in [3.05, 3.63) is 96.2 Å². The van der Waals surface area contributed by atoms with Crippen molar-refractivity contribution in [2.75, 3.05) is 26.2 Å². The minimum atomic E-state index is -0.347. The van der Waals surface area contributed by atoms with Crippen molar-refractivity contribution in [3.8, 4) is 27.5 Å². The molecule has 0 aliphatic carbocycles. The Morgan fingerprint density at radius 3 is 2.38 bits per heavy atom. The van der Waals surface area contributed by atoms with Gasteiger partial charge in [-0.1, -0.05) is 52.5 Å². The van der Waals surface area contributed by atoms with Crippen LogP contribution in [0.15, 0.2) is 64.3 Å². The number of carbonyl (C=O) groups excluding carboxylic acids is 1. The lowest BCUT2D eigenvalue weighted by molar-refractivity contribution is 0.0735. The van der Waals surface area contributed by atoms with E-state index < -0.39 is 0 Å². The van der Waals surface area contributed by atoms with Crippen LogP contribution in [0, 0.1) is 0 Å². The molecule has 2 aromatic heterocycles. The molecule has 0 atom stereocenters. The van der Waals surface area contributed by atoms with Gasteiger partial charge < -0.3 is 10.2 Å². The molecule has 0 bridgehead atoms. The van der Waals surface area contributed by atoms with Crippen molar-refractivity contribution in [3.63, 3.8) is 0 Å². The summed E-state index contributed by atoms with van der Waals surface area (Å²) in [6.07, 6.45) is 1.83. The van der Waals surface area contributed by atoms with Gasteiger partial charge in [0.05, 0.1) is 33.2 Å². The van der Waals surface area contributed by atoms with Gasteiger partial charge in [0.1, 0.15) is 5.01 Å². The summed E-state index contributed by atoms with van der Waals surface area (Å²) in [6.45, 7) is 6.37. The Bertz CT molecular complexity index is 1630. The number of nitrogens with zero attached hydrogens (tertiary/aromatic N) is 3. The van der Waals surface area contributed by atoms with Crippen LogP contribution in [0.1, 0.15) is 29.9 Å². The second-order valence-electron chi connectivity index (χ2n) is 9.40. The second-order valence-corrected chi connectivity index (χ2v) is 11.5. The summed E-state index contributed by atoms with van der Waals surface area (Å²) in [5.41, 5.74) is 3.70. The Hall–Kier alpha value is -2.94. The van der Waals surface area contributed by atoms with E-state index in [0.717, 1.165) is 11.1 Å². The largest absolute Gasteiger partial charge is 0.336 e. The standard InChI is InChI=1S/C29H25Cl3N4O2S/c1-17(2)13-25-21(28(37)35-11-9-33-10-12-35)15-22(29(38)36(25)26-14-20(31)7-8-23(26)32)27-34-24(16-39-27)18-3-5-19(30)6-4-18/h3-8,13-16,33H,9-12H2,1-2H3. The van der Waals surface area contributed by atoms with Gasteiger partial charge in [-0.05, 0) is 56.3 Å². The van der Waals surface area contributed by atoms with Crippen LogP contribution in [0.25, 0.3) is 33.6 Å². The maximum absolute atomic E-state index is 14.2. The second kappa shape index (κ2) is 11.7. The molecule has 0 radical (unpaired) electrons. The lowest BCUT2D eigenvalue weighted by Gasteiger charge is -2.29. The van der Waals surface area contributed by atoms with Crippen LogP contribution in [0.2, 0.25) is 15.1 Å². The molecule has 1 aliphatic rings. The molecule has 0 saturated carbocycles. The molecule has 5 rings (SSSR count). The molecule has 39 heavy (non-hydrogen) atoms. The first-order chi connectivity index (χ1) is 18.7. The average Bonchev–Trinajstić information content (AvgIpc) is 3.41. The highest BCUT2D eigenvalue weighted by atomic mass is 35.5. The highest BCUT2D eigenvalue weighted by Crippen LogP contribution is 2.32. The number of amides is 1. The number of benzene rings is 2. The molecule has 1 amide bonds. The first kappa shape index (κ1) is 27.6. The lowest BCUT2D eigenvalue weighted by atomic mass is 10.0. The molecule has 1 N–H and O–H groups in total. The van der Waals surface area contributed by atoms with Gasteiger partial charge in [-0.3, -0.25) is 14.2 Å². The third-order valence-corrected chi connectivity index (χ3v) is 8.00. The number of halogens is 3. The molecule has 3 heterocycles. The fraction of sp³-hybridized carbons (Fsp3) is 0.207. The van der Waals surface area contributed by atoms with Gasteiger partial charge in [0, 0.05) is 47.2 Å². The minimum Gasteiger partial charge on any atom is -0.336 e. The third kappa shape index (κ3) is 5.83. The van der Waals surface area contributed by atoms with E-state index in [4.69, 9.17) is 39.8 Å². The van der Waals surface area contributed by atoms with Crippen LogP contribution in [-0.2, 0) is 0 Å². The van der Waals surface area contributed by atoms with Crippen LogP contribution in [0.5, 0.6) is 0 Å². The minimum absolute atomic E-state index is 0.161. The number of rotatable bonds is 5. The molecule has 1 fully saturated rings. The summed E-state index contributed by atoms with van der Waals surface area (Å²) in [4.78, 5) is 34.8. The van der Waals surface area contributed by atoms with Gasteiger partial charge >= 0.3 is 0 Å². The molecule has 0 spiro atoms. The average molecular weight is 600 g/mol. The first-order valence-electron chi connectivity index (χ1n) is 12.3. The maximum atomic E-state index is 14.2.